The van der Waals surface area contributed by atoms with Gasteiger partial charge >= 0.3 is 0 Å². The SMILES string of the molecule is CC(C)(C)c1csc(CNC(=O)[C@@H]2CCCN2)n1. The molecule has 100 valence electrons. The first-order chi connectivity index (χ1) is 8.47. The van der Waals surface area contributed by atoms with E-state index in [1.807, 2.05) is 0 Å². The predicted molar refractivity (Wildman–Crippen MR) is 73.7 cm³/mol. The molecule has 1 aliphatic rings. The molecule has 0 unspecified atom stereocenters. The first kappa shape index (κ1) is 13.5. The van der Waals surface area contributed by atoms with Gasteiger partial charge in [-0.3, -0.25) is 4.79 Å². The van der Waals surface area contributed by atoms with Crippen LogP contribution in [0.5, 0.6) is 0 Å². The monoisotopic (exact) mass is 267 g/mol. The van der Waals surface area contributed by atoms with Crippen molar-refractivity contribution in [2.45, 2.75) is 51.6 Å². The van der Waals surface area contributed by atoms with Crippen LogP contribution in [0.25, 0.3) is 0 Å². The quantitative estimate of drug-likeness (QED) is 0.878. The fraction of sp³-hybridized carbons (Fsp3) is 0.692. The molecule has 2 N–H and O–H groups in total. The lowest BCUT2D eigenvalue weighted by Crippen LogP contribution is -2.40. The zero-order valence-corrected chi connectivity index (χ0v) is 12.1. The number of hydrogen-bond donors (Lipinski definition) is 2. The topological polar surface area (TPSA) is 54.0 Å². The highest BCUT2D eigenvalue weighted by Crippen LogP contribution is 2.23. The first-order valence-corrected chi connectivity index (χ1v) is 7.31. The van der Waals surface area contributed by atoms with Crippen LogP contribution in [-0.4, -0.2) is 23.5 Å². The van der Waals surface area contributed by atoms with E-state index in [0.29, 0.717) is 6.54 Å². The lowest BCUT2D eigenvalue weighted by molar-refractivity contribution is -0.122. The number of amides is 1. The van der Waals surface area contributed by atoms with Crippen LogP contribution in [0, 0.1) is 0 Å². The Morgan fingerprint density at radius 2 is 2.39 bits per heavy atom. The number of nitrogens with one attached hydrogen (secondary N) is 2. The molecule has 18 heavy (non-hydrogen) atoms. The standard InChI is InChI=1S/C13H21N3OS/c1-13(2,3)10-8-18-11(16-10)7-15-12(17)9-5-4-6-14-9/h8-9,14H,4-7H2,1-3H3,(H,15,17)/t9-/m0/s1. The maximum Gasteiger partial charge on any atom is 0.237 e. The van der Waals surface area contributed by atoms with Gasteiger partial charge in [-0.25, -0.2) is 4.98 Å². The van der Waals surface area contributed by atoms with Crippen molar-refractivity contribution in [1.82, 2.24) is 15.6 Å². The van der Waals surface area contributed by atoms with Gasteiger partial charge < -0.3 is 10.6 Å². The van der Waals surface area contributed by atoms with Gasteiger partial charge in [-0.15, -0.1) is 11.3 Å². The Balaban J connectivity index is 1.86. The van der Waals surface area contributed by atoms with Crippen LogP contribution in [0.1, 0.15) is 44.3 Å². The van der Waals surface area contributed by atoms with Crippen molar-refractivity contribution in [2.24, 2.45) is 0 Å². The lowest BCUT2D eigenvalue weighted by atomic mass is 9.93. The summed E-state index contributed by atoms with van der Waals surface area (Å²) < 4.78 is 0. The van der Waals surface area contributed by atoms with E-state index in [4.69, 9.17) is 0 Å². The molecular weight excluding hydrogens is 246 g/mol. The average Bonchev–Trinajstić information content (AvgIpc) is 2.96. The number of carbonyl (C=O) groups excluding carboxylic acids is 1. The van der Waals surface area contributed by atoms with Crippen LogP contribution in [0.4, 0.5) is 0 Å². The molecule has 0 radical (unpaired) electrons. The molecule has 1 fully saturated rings. The summed E-state index contributed by atoms with van der Waals surface area (Å²) in [6, 6.07) is -0.00736. The van der Waals surface area contributed by atoms with Crippen LogP contribution in [-0.2, 0) is 16.8 Å². The molecule has 1 saturated heterocycles. The molecule has 4 nitrogen and oxygen atoms in total. The third-order valence-corrected chi connectivity index (χ3v) is 3.96. The number of thiazole rings is 1. The van der Waals surface area contributed by atoms with Gasteiger partial charge in [-0.2, -0.15) is 0 Å². The van der Waals surface area contributed by atoms with Crippen molar-refractivity contribution in [2.75, 3.05) is 6.54 Å². The highest BCUT2D eigenvalue weighted by Gasteiger charge is 2.22. The maximum absolute atomic E-state index is 11.8. The van der Waals surface area contributed by atoms with E-state index in [1.54, 1.807) is 11.3 Å². The normalized spacial score (nSPS) is 20.1. The summed E-state index contributed by atoms with van der Waals surface area (Å²) in [5, 5.41) is 9.20. The number of nitrogens with zero attached hydrogens (tertiary/aromatic N) is 1. The van der Waals surface area contributed by atoms with E-state index >= 15 is 0 Å². The fourth-order valence-electron chi connectivity index (χ4n) is 1.93. The average molecular weight is 267 g/mol. The Morgan fingerprint density at radius 1 is 1.61 bits per heavy atom. The molecule has 0 aromatic carbocycles. The van der Waals surface area contributed by atoms with Gasteiger partial charge in [0.1, 0.15) is 5.01 Å². The second-order valence-electron chi connectivity index (χ2n) is 5.74. The minimum absolute atomic E-state index is 0.00736. The van der Waals surface area contributed by atoms with Gasteiger partial charge in [0.15, 0.2) is 0 Å². The first-order valence-electron chi connectivity index (χ1n) is 6.43. The molecule has 2 heterocycles. The summed E-state index contributed by atoms with van der Waals surface area (Å²) in [7, 11) is 0. The third-order valence-electron chi connectivity index (χ3n) is 3.11. The second-order valence-corrected chi connectivity index (χ2v) is 6.69. The molecule has 1 aliphatic heterocycles. The molecule has 1 amide bonds. The summed E-state index contributed by atoms with van der Waals surface area (Å²) >= 11 is 1.61. The summed E-state index contributed by atoms with van der Waals surface area (Å²) in [5.74, 6) is 0.0972. The zero-order chi connectivity index (χ0) is 13.2. The Hall–Kier alpha value is -0.940. The third kappa shape index (κ3) is 3.29. The molecular formula is C13H21N3OS. The number of carbonyl (C=O) groups is 1. The Kier molecular flexibility index (Phi) is 4.02. The maximum atomic E-state index is 11.8. The number of rotatable bonds is 3. The molecule has 1 atom stereocenters. The van der Waals surface area contributed by atoms with E-state index in [-0.39, 0.29) is 17.4 Å². The molecule has 0 spiro atoms. The van der Waals surface area contributed by atoms with Crippen LogP contribution in [0.15, 0.2) is 5.38 Å². The molecule has 0 saturated carbocycles. The van der Waals surface area contributed by atoms with Crippen molar-refractivity contribution in [3.05, 3.63) is 16.1 Å². The molecule has 1 aromatic rings. The minimum atomic E-state index is -0.00736. The second kappa shape index (κ2) is 5.36. The Bertz CT molecular complexity index is 416. The van der Waals surface area contributed by atoms with Gasteiger partial charge in [-0.05, 0) is 19.4 Å². The van der Waals surface area contributed by atoms with Crippen LogP contribution in [0.3, 0.4) is 0 Å². The van der Waals surface area contributed by atoms with Crippen molar-refractivity contribution in [3.8, 4) is 0 Å². The van der Waals surface area contributed by atoms with E-state index in [2.05, 4.69) is 41.8 Å². The smallest absolute Gasteiger partial charge is 0.237 e. The summed E-state index contributed by atoms with van der Waals surface area (Å²) in [6.45, 7) is 7.92. The predicted octanol–water partition coefficient (Wildman–Crippen LogP) is 1.81. The van der Waals surface area contributed by atoms with Gasteiger partial charge in [-0.1, -0.05) is 20.8 Å². The van der Waals surface area contributed by atoms with E-state index < -0.39 is 0 Å². The van der Waals surface area contributed by atoms with Crippen molar-refractivity contribution in [1.29, 1.82) is 0 Å². The number of aromatic nitrogens is 1. The Morgan fingerprint density at radius 3 is 2.94 bits per heavy atom. The van der Waals surface area contributed by atoms with Crippen molar-refractivity contribution < 1.29 is 4.79 Å². The molecule has 0 bridgehead atoms. The largest absolute Gasteiger partial charge is 0.348 e. The summed E-state index contributed by atoms with van der Waals surface area (Å²) in [5.41, 5.74) is 1.17. The number of hydrogen-bond acceptors (Lipinski definition) is 4. The van der Waals surface area contributed by atoms with Crippen molar-refractivity contribution >= 4 is 17.2 Å². The molecule has 5 heteroatoms. The van der Waals surface area contributed by atoms with E-state index in [0.717, 1.165) is 30.1 Å². The molecule has 0 aliphatic carbocycles. The van der Waals surface area contributed by atoms with Crippen LogP contribution < -0.4 is 10.6 Å². The van der Waals surface area contributed by atoms with Crippen LogP contribution in [0.2, 0.25) is 0 Å². The molecule has 2 rings (SSSR count). The van der Waals surface area contributed by atoms with Gasteiger partial charge in [0.05, 0.1) is 18.3 Å². The highest BCUT2D eigenvalue weighted by molar-refractivity contribution is 7.09. The van der Waals surface area contributed by atoms with E-state index in [1.165, 1.54) is 0 Å². The fourth-order valence-corrected chi connectivity index (χ4v) is 2.89. The van der Waals surface area contributed by atoms with Gasteiger partial charge in [0.25, 0.3) is 0 Å². The Labute approximate surface area is 112 Å². The minimum Gasteiger partial charge on any atom is -0.348 e. The van der Waals surface area contributed by atoms with E-state index in [9.17, 15) is 4.79 Å². The summed E-state index contributed by atoms with van der Waals surface area (Å²) in [6.07, 6.45) is 2.03. The summed E-state index contributed by atoms with van der Waals surface area (Å²) in [4.78, 5) is 16.4. The van der Waals surface area contributed by atoms with Gasteiger partial charge in [0.2, 0.25) is 5.91 Å². The highest BCUT2D eigenvalue weighted by atomic mass is 32.1. The zero-order valence-electron chi connectivity index (χ0n) is 11.2. The van der Waals surface area contributed by atoms with Gasteiger partial charge in [0, 0.05) is 10.8 Å². The van der Waals surface area contributed by atoms with Crippen molar-refractivity contribution in [3.63, 3.8) is 0 Å². The molecule has 1 aromatic heterocycles. The van der Waals surface area contributed by atoms with Crippen LogP contribution >= 0.6 is 11.3 Å². The lowest BCUT2D eigenvalue weighted by Gasteiger charge is -2.14.